The number of nitrogens with one attached hydrogen (secondary N) is 1. The van der Waals surface area contributed by atoms with E-state index < -0.39 is 0 Å². The summed E-state index contributed by atoms with van der Waals surface area (Å²) < 4.78 is 0. The maximum atomic E-state index is 12.5. The van der Waals surface area contributed by atoms with Gasteiger partial charge in [0.25, 0.3) is 5.91 Å². The van der Waals surface area contributed by atoms with Crippen molar-refractivity contribution < 1.29 is 4.79 Å². The number of fused-ring (bicyclic) bond motifs is 1. The molecular weight excluding hydrogens is 383 g/mol. The Kier molecular flexibility index (Phi) is 4.56. The van der Waals surface area contributed by atoms with Crippen molar-refractivity contribution in [3.63, 3.8) is 0 Å². The number of nitrogens with zero attached hydrogens (tertiary/aromatic N) is 3. The van der Waals surface area contributed by atoms with E-state index in [2.05, 4.69) is 15.5 Å². The number of amides is 1. The molecule has 4 aromatic rings. The molecule has 0 spiro atoms. The average molecular weight is 397 g/mol. The van der Waals surface area contributed by atoms with Crippen LogP contribution in [0.25, 0.3) is 16.7 Å². The van der Waals surface area contributed by atoms with E-state index >= 15 is 0 Å². The van der Waals surface area contributed by atoms with Crippen molar-refractivity contribution in [3.8, 4) is 5.69 Å². The van der Waals surface area contributed by atoms with Gasteiger partial charge in [-0.15, -0.1) is 10.2 Å². The number of aryl methyl sites for hydroxylation is 1. The highest BCUT2D eigenvalue weighted by Crippen LogP contribution is 2.25. The van der Waals surface area contributed by atoms with Crippen molar-refractivity contribution in [1.82, 2.24) is 15.0 Å². The molecule has 3 aromatic carbocycles. The van der Waals surface area contributed by atoms with Crippen LogP contribution in [0.15, 0.2) is 60.7 Å². The quantitative estimate of drug-likeness (QED) is 0.511. The maximum Gasteiger partial charge on any atom is 0.255 e. The first-order valence-electron chi connectivity index (χ1n) is 8.21. The first-order valence-corrected chi connectivity index (χ1v) is 8.96. The summed E-state index contributed by atoms with van der Waals surface area (Å²) in [6, 6.07) is 18.1. The fraction of sp³-hybridized carbons (Fsp3) is 0.0500. The van der Waals surface area contributed by atoms with Gasteiger partial charge in [0.05, 0.1) is 15.7 Å². The Hall–Kier alpha value is -2.89. The molecule has 0 saturated heterocycles. The van der Waals surface area contributed by atoms with Gasteiger partial charge in [0.1, 0.15) is 11.0 Å². The van der Waals surface area contributed by atoms with E-state index in [0.717, 1.165) is 16.8 Å². The summed E-state index contributed by atoms with van der Waals surface area (Å²) in [6.45, 7) is 1.91. The number of benzene rings is 3. The molecule has 134 valence electrons. The molecule has 1 aromatic heterocycles. The van der Waals surface area contributed by atoms with Gasteiger partial charge in [-0.05, 0) is 55.0 Å². The van der Waals surface area contributed by atoms with Crippen molar-refractivity contribution >= 4 is 45.8 Å². The van der Waals surface area contributed by atoms with E-state index in [9.17, 15) is 4.79 Å². The largest absolute Gasteiger partial charge is 0.322 e. The Bertz CT molecular complexity index is 1160. The normalized spacial score (nSPS) is 10.9. The van der Waals surface area contributed by atoms with Gasteiger partial charge < -0.3 is 5.32 Å². The molecule has 0 unspecified atom stereocenters. The molecule has 0 aliphatic carbocycles. The van der Waals surface area contributed by atoms with Gasteiger partial charge in [0.2, 0.25) is 0 Å². The Morgan fingerprint density at radius 2 is 1.63 bits per heavy atom. The van der Waals surface area contributed by atoms with Crippen LogP contribution >= 0.6 is 23.2 Å². The van der Waals surface area contributed by atoms with Crippen molar-refractivity contribution in [1.29, 1.82) is 0 Å². The number of carbonyl (C=O) groups is 1. The Labute approximate surface area is 165 Å². The van der Waals surface area contributed by atoms with E-state index in [0.29, 0.717) is 26.8 Å². The lowest BCUT2D eigenvalue weighted by molar-refractivity contribution is 0.102. The highest BCUT2D eigenvalue weighted by atomic mass is 35.5. The molecule has 4 rings (SSSR count). The third-order valence-electron chi connectivity index (χ3n) is 4.14. The predicted molar refractivity (Wildman–Crippen MR) is 108 cm³/mol. The van der Waals surface area contributed by atoms with Crippen molar-refractivity contribution in [2.45, 2.75) is 6.92 Å². The summed E-state index contributed by atoms with van der Waals surface area (Å²) in [5.74, 6) is -0.272. The van der Waals surface area contributed by atoms with Gasteiger partial charge >= 0.3 is 0 Å². The second-order valence-corrected chi connectivity index (χ2v) is 6.88. The molecule has 0 bridgehead atoms. The fourth-order valence-corrected chi connectivity index (χ4v) is 3.01. The van der Waals surface area contributed by atoms with Crippen LogP contribution in [0.3, 0.4) is 0 Å². The number of halogens is 2. The molecule has 0 radical (unpaired) electrons. The number of hydrogen-bond acceptors (Lipinski definition) is 3. The van der Waals surface area contributed by atoms with E-state index in [4.69, 9.17) is 23.2 Å². The van der Waals surface area contributed by atoms with Crippen LogP contribution in [-0.2, 0) is 0 Å². The smallest absolute Gasteiger partial charge is 0.255 e. The molecular formula is C20H14Cl2N4O. The number of aromatic nitrogens is 3. The maximum absolute atomic E-state index is 12.5. The third-order valence-corrected chi connectivity index (χ3v) is 4.88. The molecule has 0 atom stereocenters. The summed E-state index contributed by atoms with van der Waals surface area (Å²) >= 11 is 11.9. The number of rotatable bonds is 3. The van der Waals surface area contributed by atoms with Gasteiger partial charge in [-0.2, -0.15) is 4.80 Å². The van der Waals surface area contributed by atoms with E-state index in [1.54, 1.807) is 23.0 Å². The minimum absolute atomic E-state index is 0.272. The van der Waals surface area contributed by atoms with Crippen LogP contribution in [0.4, 0.5) is 5.69 Å². The molecule has 1 amide bonds. The minimum Gasteiger partial charge on any atom is -0.322 e. The average Bonchev–Trinajstić information content (AvgIpc) is 3.07. The summed E-state index contributed by atoms with van der Waals surface area (Å²) in [4.78, 5) is 14.1. The van der Waals surface area contributed by atoms with Crippen molar-refractivity contribution in [3.05, 3.63) is 81.8 Å². The zero-order valence-electron chi connectivity index (χ0n) is 14.3. The summed E-state index contributed by atoms with van der Waals surface area (Å²) in [7, 11) is 0. The van der Waals surface area contributed by atoms with Gasteiger partial charge in [0, 0.05) is 11.3 Å². The molecule has 0 saturated carbocycles. The summed E-state index contributed by atoms with van der Waals surface area (Å²) in [5, 5.41) is 12.6. The van der Waals surface area contributed by atoms with Crippen LogP contribution in [0.5, 0.6) is 0 Å². The van der Waals surface area contributed by atoms with Gasteiger partial charge in [0.15, 0.2) is 0 Å². The van der Waals surface area contributed by atoms with Crippen LogP contribution in [0, 0.1) is 6.92 Å². The van der Waals surface area contributed by atoms with E-state index in [-0.39, 0.29) is 5.91 Å². The minimum atomic E-state index is -0.272. The number of carbonyl (C=O) groups excluding carboxylic acids is 1. The SMILES string of the molecule is Cc1cc2nn(-c3ccccc3)nc2cc1NC(=O)c1ccc(Cl)c(Cl)c1. The molecule has 1 N–H and O–H groups in total. The van der Waals surface area contributed by atoms with Crippen LogP contribution in [0.2, 0.25) is 10.0 Å². The third kappa shape index (κ3) is 3.52. The second kappa shape index (κ2) is 7.02. The molecule has 1 heterocycles. The lowest BCUT2D eigenvalue weighted by atomic mass is 10.1. The van der Waals surface area contributed by atoms with Crippen LogP contribution < -0.4 is 5.32 Å². The standard InChI is InChI=1S/C20H14Cl2N4O/c1-12-9-18-19(25-26(24-18)14-5-3-2-4-6-14)11-17(12)23-20(27)13-7-8-15(21)16(22)10-13/h2-11H,1H3,(H,23,27). The fourth-order valence-electron chi connectivity index (χ4n) is 2.71. The first-order chi connectivity index (χ1) is 13.0. The van der Waals surface area contributed by atoms with Crippen LogP contribution in [0.1, 0.15) is 15.9 Å². The first kappa shape index (κ1) is 17.5. The molecule has 5 nitrogen and oxygen atoms in total. The lowest BCUT2D eigenvalue weighted by Crippen LogP contribution is -2.12. The molecule has 0 aliphatic heterocycles. The van der Waals surface area contributed by atoms with Gasteiger partial charge in [-0.25, -0.2) is 0 Å². The Balaban J connectivity index is 1.66. The summed E-state index contributed by atoms with van der Waals surface area (Å²) in [6.07, 6.45) is 0. The summed E-state index contributed by atoms with van der Waals surface area (Å²) in [5.41, 5.74) is 4.29. The monoisotopic (exact) mass is 396 g/mol. The van der Waals surface area contributed by atoms with Crippen molar-refractivity contribution in [2.75, 3.05) is 5.32 Å². The molecule has 27 heavy (non-hydrogen) atoms. The van der Waals surface area contributed by atoms with E-state index in [1.165, 1.54) is 0 Å². The number of para-hydroxylation sites is 1. The molecule has 0 fully saturated rings. The Morgan fingerprint density at radius 3 is 2.33 bits per heavy atom. The van der Waals surface area contributed by atoms with Crippen molar-refractivity contribution in [2.24, 2.45) is 0 Å². The lowest BCUT2D eigenvalue weighted by Gasteiger charge is -2.08. The molecule has 7 heteroatoms. The molecule has 0 aliphatic rings. The zero-order chi connectivity index (χ0) is 19.0. The highest BCUT2D eigenvalue weighted by molar-refractivity contribution is 6.42. The van der Waals surface area contributed by atoms with Crippen LogP contribution in [-0.4, -0.2) is 20.9 Å². The number of anilines is 1. The van der Waals surface area contributed by atoms with Gasteiger partial charge in [-0.1, -0.05) is 41.4 Å². The zero-order valence-corrected chi connectivity index (χ0v) is 15.8. The van der Waals surface area contributed by atoms with E-state index in [1.807, 2.05) is 49.4 Å². The topological polar surface area (TPSA) is 59.8 Å². The van der Waals surface area contributed by atoms with Gasteiger partial charge in [-0.3, -0.25) is 4.79 Å². The predicted octanol–water partition coefficient (Wildman–Crippen LogP) is 5.29. The second-order valence-electron chi connectivity index (χ2n) is 6.06. The number of hydrogen-bond donors (Lipinski definition) is 1. The highest BCUT2D eigenvalue weighted by Gasteiger charge is 2.13. The Morgan fingerprint density at radius 1 is 0.926 bits per heavy atom.